The topological polar surface area (TPSA) is 75.9 Å². The summed E-state index contributed by atoms with van der Waals surface area (Å²) in [7, 11) is 1.70. The summed E-state index contributed by atoms with van der Waals surface area (Å²) in [6, 6.07) is 18.3. The number of benzene rings is 2. The van der Waals surface area contributed by atoms with E-state index < -0.39 is 0 Å². The van der Waals surface area contributed by atoms with Crippen LogP contribution in [0.1, 0.15) is 28.6 Å². The average Bonchev–Trinajstić information content (AvgIpc) is 3.11. The maximum Gasteiger partial charge on any atom is 0.318 e. The SMILES string of the molecule is Cn1nnc(CNC(=O)N2Cc3ccccc3CC2c2ccccc2)n1. The number of fused-ring (bicyclic) bond motifs is 1. The molecule has 1 aliphatic heterocycles. The fourth-order valence-electron chi connectivity index (χ4n) is 3.36. The number of carbonyl (C=O) groups is 1. The van der Waals surface area contributed by atoms with Crippen molar-refractivity contribution in [1.29, 1.82) is 0 Å². The second-order valence-electron chi connectivity index (χ2n) is 6.38. The Labute approximate surface area is 151 Å². The molecule has 1 aromatic heterocycles. The van der Waals surface area contributed by atoms with Crippen LogP contribution in [-0.2, 0) is 26.6 Å². The summed E-state index contributed by atoms with van der Waals surface area (Å²) in [5.41, 5.74) is 3.61. The quantitative estimate of drug-likeness (QED) is 0.787. The van der Waals surface area contributed by atoms with Gasteiger partial charge < -0.3 is 10.2 Å². The number of carbonyl (C=O) groups excluding carboxylic acids is 1. The first kappa shape index (κ1) is 16.3. The van der Waals surface area contributed by atoms with Crippen molar-refractivity contribution in [3.8, 4) is 0 Å². The van der Waals surface area contributed by atoms with Gasteiger partial charge in [-0.2, -0.15) is 4.80 Å². The first-order chi connectivity index (χ1) is 12.7. The van der Waals surface area contributed by atoms with Gasteiger partial charge in [0.1, 0.15) is 0 Å². The molecule has 1 N–H and O–H groups in total. The highest BCUT2D eigenvalue weighted by atomic mass is 16.2. The van der Waals surface area contributed by atoms with E-state index in [4.69, 9.17) is 0 Å². The number of rotatable bonds is 3. The number of hydrogen-bond acceptors (Lipinski definition) is 4. The van der Waals surface area contributed by atoms with Gasteiger partial charge >= 0.3 is 6.03 Å². The average molecular weight is 348 g/mol. The Kier molecular flexibility index (Phi) is 4.35. The smallest absolute Gasteiger partial charge is 0.318 e. The summed E-state index contributed by atoms with van der Waals surface area (Å²) in [5, 5.41) is 14.7. The van der Waals surface area contributed by atoms with Crippen LogP contribution >= 0.6 is 0 Å². The van der Waals surface area contributed by atoms with E-state index in [-0.39, 0.29) is 18.6 Å². The number of hydrogen-bond donors (Lipinski definition) is 1. The number of aromatic nitrogens is 4. The number of aryl methyl sites for hydroxylation is 1. The van der Waals surface area contributed by atoms with E-state index in [0.717, 1.165) is 12.0 Å². The first-order valence-electron chi connectivity index (χ1n) is 8.60. The fraction of sp³-hybridized carbons (Fsp3) is 0.263. The zero-order chi connectivity index (χ0) is 17.9. The Morgan fingerprint density at radius 3 is 2.58 bits per heavy atom. The van der Waals surface area contributed by atoms with Gasteiger partial charge in [-0.05, 0) is 28.3 Å². The molecule has 3 aromatic rings. The predicted molar refractivity (Wildman–Crippen MR) is 95.9 cm³/mol. The van der Waals surface area contributed by atoms with E-state index in [2.05, 4.69) is 51.1 Å². The normalized spacial score (nSPS) is 16.2. The van der Waals surface area contributed by atoms with E-state index in [1.54, 1.807) is 7.05 Å². The molecule has 2 aromatic carbocycles. The Hall–Kier alpha value is -3.22. The molecule has 0 radical (unpaired) electrons. The standard InChI is InChI=1S/C19H20N6O/c1-24-22-18(21-23-24)12-20-19(26)25-13-16-10-6-5-9-15(16)11-17(25)14-7-3-2-4-8-14/h2-10,17H,11-13H2,1H3,(H,20,26). The molecular weight excluding hydrogens is 328 g/mol. The van der Waals surface area contributed by atoms with Crippen molar-refractivity contribution < 1.29 is 4.79 Å². The molecule has 26 heavy (non-hydrogen) atoms. The minimum Gasteiger partial charge on any atom is -0.331 e. The third-order valence-electron chi connectivity index (χ3n) is 4.64. The fourth-order valence-corrected chi connectivity index (χ4v) is 3.36. The highest BCUT2D eigenvalue weighted by molar-refractivity contribution is 5.75. The van der Waals surface area contributed by atoms with Crippen molar-refractivity contribution in [2.24, 2.45) is 7.05 Å². The van der Waals surface area contributed by atoms with Crippen molar-refractivity contribution in [3.05, 3.63) is 77.1 Å². The lowest BCUT2D eigenvalue weighted by Gasteiger charge is -2.37. The van der Waals surface area contributed by atoms with Gasteiger partial charge in [0.15, 0.2) is 5.82 Å². The van der Waals surface area contributed by atoms with E-state index in [1.165, 1.54) is 15.9 Å². The monoisotopic (exact) mass is 348 g/mol. The summed E-state index contributed by atoms with van der Waals surface area (Å²) in [6.07, 6.45) is 0.803. The van der Waals surface area contributed by atoms with E-state index in [1.807, 2.05) is 29.2 Å². The lowest BCUT2D eigenvalue weighted by molar-refractivity contribution is 0.162. The van der Waals surface area contributed by atoms with Gasteiger partial charge in [0.2, 0.25) is 0 Å². The lowest BCUT2D eigenvalue weighted by atomic mass is 9.90. The summed E-state index contributed by atoms with van der Waals surface area (Å²) >= 11 is 0. The lowest BCUT2D eigenvalue weighted by Crippen LogP contribution is -2.44. The maximum absolute atomic E-state index is 12.9. The molecule has 1 aliphatic rings. The van der Waals surface area contributed by atoms with Crippen molar-refractivity contribution in [2.75, 3.05) is 0 Å². The molecule has 1 atom stereocenters. The largest absolute Gasteiger partial charge is 0.331 e. The summed E-state index contributed by atoms with van der Waals surface area (Å²) in [4.78, 5) is 16.2. The third kappa shape index (κ3) is 3.28. The maximum atomic E-state index is 12.9. The molecule has 1 unspecified atom stereocenters. The number of nitrogens with zero attached hydrogens (tertiary/aromatic N) is 5. The second-order valence-corrected chi connectivity index (χ2v) is 6.38. The Morgan fingerprint density at radius 1 is 1.12 bits per heavy atom. The highest BCUT2D eigenvalue weighted by Gasteiger charge is 2.30. The number of nitrogens with one attached hydrogen (secondary N) is 1. The molecule has 0 aliphatic carbocycles. The molecule has 0 saturated carbocycles. The van der Waals surface area contributed by atoms with Gasteiger partial charge in [0.05, 0.1) is 19.6 Å². The predicted octanol–water partition coefficient (Wildman–Crippen LogP) is 2.22. The summed E-state index contributed by atoms with van der Waals surface area (Å²) in [6.45, 7) is 0.835. The van der Waals surface area contributed by atoms with Crippen molar-refractivity contribution in [2.45, 2.75) is 25.6 Å². The van der Waals surface area contributed by atoms with E-state index in [0.29, 0.717) is 12.4 Å². The summed E-state index contributed by atoms with van der Waals surface area (Å²) < 4.78 is 0. The zero-order valence-electron chi connectivity index (χ0n) is 14.5. The number of amides is 2. The van der Waals surface area contributed by atoms with E-state index in [9.17, 15) is 4.79 Å². The number of tetrazole rings is 1. The molecule has 132 valence electrons. The van der Waals surface area contributed by atoms with Crippen LogP contribution in [0.4, 0.5) is 4.79 Å². The van der Waals surface area contributed by atoms with Crippen LogP contribution in [0.2, 0.25) is 0 Å². The summed E-state index contributed by atoms with van der Waals surface area (Å²) in [5.74, 6) is 0.495. The van der Waals surface area contributed by atoms with Crippen LogP contribution in [0.5, 0.6) is 0 Å². The van der Waals surface area contributed by atoms with Gasteiger partial charge in [0.25, 0.3) is 0 Å². The molecule has 0 fully saturated rings. The van der Waals surface area contributed by atoms with Gasteiger partial charge in [0, 0.05) is 6.54 Å². The van der Waals surface area contributed by atoms with Crippen LogP contribution < -0.4 is 5.32 Å². The van der Waals surface area contributed by atoms with Crippen molar-refractivity contribution >= 4 is 6.03 Å². The second kappa shape index (κ2) is 6.95. The minimum atomic E-state index is -0.124. The third-order valence-corrected chi connectivity index (χ3v) is 4.64. The molecule has 4 rings (SSSR count). The molecule has 0 spiro atoms. The molecule has 0 bridgehead atoms. The molecule has 0 saturated heterocycles. The molecule has 2 heterocycles. The van der Waals surface area contributed by atoms with Crippen LogP contribution in [0.15, 0.2) is 54.6 Å². The van der Waals surface area contributed by atoms with E-state index >= 15 is 0 Å². The van der Waals surface area contributed by atoms with Gasteiger partial charge in [-0.25, -0.2) is 4.79 Å². The highest BCUT2D eigenvalue weighted by Crippen LogP contribution is 2.33. The first-order valence-corrected chi connectivity index (χ1v) is 8.60. The van der Waals surface area contributed by atoms with Crippen LogP contribution in [0.3, 0.4) is 0 Å². The van der Waals surface area contributed by atoms with Gasteiger partial charge in [-0.15, -0.1) is 10.2 Å². The molecule has 2 amide bonds. The van der Waals surface area contributed by atoms with Crippen LogP contribution in [-0.4, -0.2) is 31.1 Å². The molecule has 7 nitrogen and oxygen atoms in total. The van der Waals surface area contributed by atoms with Crippen molar-refractivity contribution in [3.63, 3.8) is 0 Å². The zero-order valence-corrected chi connectivity index (χ0v) is 14.5. The van der Waals surface area contributed by atoms with Gasteiger partial charge in [-0.1, -0.05) is 54.6 Å². The Balaban J connectivity index is 1.57. The molecule has 7 heteroatoms. The van der Waals surface area contributed by atoms with Gasteiger partial charge in [-0.3, -0.25) is 0 Å². The minimum absolute atomic E-state index is 0.000849. The van der Waals surface area contributed by atoms with Crippen LogP contribution in [0.25, 0.3) is 0 Å². The Bertz CT molecular complexity index is 907. The Morgan fingerprint density at radius 2 is 1.85 bits per heavy atom. The molecular formula is C19H20N6O. The van der Waals surface area contributed by atoms with Crippen molar-refractivity contribution in [1.82, 2.24) is 30.4 Å². The number of urea groups is 1. The van der Waals surface area contributed by atoms with Crippen LogP contribution in [0, 0.1) is 0 Å².